The number of nitrogens with one attached hydrogen (secondary N) is 19. The molecule has 1 fully saturated rings. The van der Waals surface area contributed by atoms with Gasteiger partial charge >= 0.3 is 11.9 Å². The summed E-state index contributed by atoms with van der Waals surface area (Å²) in [5.41, 5.74) is 29.8. The van der Waals surface area contributed by atoms with Gasteiger partial charge in [0.05, 0.1) is 32.2 Å². The van der Waals surface area contributed by atoms with E-state index in [9.17, 15) is 117 Å². The zero-order chi connectivity index (χ0) is 104. The summed E-state index contributed by atoms with van der Waals surface area (Å²) in [4.78, 5) is 267. The lowest BCUT2D eigenvalue weighted by Gasteiger charge is -2.30. The first-order chi connectivity index (χ1) is 65.9. The van der Waals surface area contributed by atoms with Gasteiger partial charge in [0.15, 0.2) is 5.96 Å². The van der Waals surface area contributed by atoms with Crippen molar-refractivity contribution in [2.24, 2.45) is 40.5 Å². The van der Waals surface area contributed by atoms with Crippen LogP contribution in [0.4, 0.5) is 0 Å². The van der Waals surface area contributed by atoms with Gasteiger partial charge in [-0.25, -0.2) is 4.79 Å². The molecule has 1 aliphatic heterocycles. The maximum absolute atomic E-state index is 14.7. The Morgan fingerprint density at radius 2 is 0.921 bits per heavy atom. The van der Waals surface area contributed by atoms with Crippen molar-refractivity contribution in [3.8, 4) is 5.75 Å². The van der Waals surface area contributed by atoms with Crippen LogP contribution in [-0.4, -0.2) is 326 Å². The molecule has 3 aromatic rings. The summed E-state index contributed by atoms with van der Waals surface area (Å²) in [6, 6.07) is -12.3. The van der Waals surface area contributed by atoms with E-state index < -0.39 is 271 Å². The van der Waals surface area contributed by atoms with Gasteiger partial charge in [-0.2, -0.15) is 37.9 Å². The number of nitrogens with two attached hydrogens (primary N) is 5. The summed E-state index contributed by atoms with van der Waals surface area (Å²) in [5.74, 6) is -22.9. The fraction of sp³-hybridized carbons (Fsp3) is 0.609. The first-order valence-electron chi connectivity index (χ1n) is 45.8. The maximum atomic E-state index is 14.7. The van der Waals surface area contributed by atoms with Gasteiger partial charge in [-0.15, -0.1) is 0 Å². The Balaban J connectivity index is 1.49. The van der Waals surface area contributed by atoms with Crippen molar-refractivity contribution in [3.63, 3.8) is 0 Å². The predicted molar refractivity (Wildman–Crippen MR) is 518 cm³/mol. The number of phenolic OH excluding ortho intramolecular Hbond substituents is 1. The van der Waals surface area contributed by atoms with Gasteiger partial charge in [-0.3, -0.25) is 91.7 Å². The predicted octanol–water partition coefficient (Wildman–Crippen LogP) is -7.91. The number of phenols is 1. The number of hydrogen-bond donors (Lipinski definition) is 32. The molecule has 4 rings (SSSR count). The molecule has 0 radical (unpaired) electrons. The number of para-hydroxylation sites is 1. The lowest BCUT2D eigenvalue weighted by atomic mass is 9.97. The van der Waals surface area contributed by atoms with E-state index in [4.69, 9.17) is 34.1 Å². The van der Waals surface area contributed by atoms with Gasteiger partial charge in [0.25, 0.3) is 0 Å². The molecule has 17 amide bonds. The van der Waals surface area contributed by atoms with E-state index in [2.05, 4.69) is 133 Å². The molecule has 49 nitrogen and oxygen atoms in total. The molecule has 139 heavy (non-hydrogen) atoms. The standard InChI is InChI=1S/C87H139N25O24S3/c1-7-45(4)69(110-81(130)63(43-139)108-84(133)70(47(6)114)111-76(125)55(22-12-15-31-90)100-74(123)54(21-11-14-30-89)102-80(129)62(42-138)107-73(122)53(20-10-13-29-88)98-65(116)37-91)83(132)97-46(5)71(120)105-60(40-113)79(128)101-56(23-16-32-94-87(92)93)75(124)104-59(36-67(118)119)85(134)112-33-17-24-64(112)82(131)103-57(34-48-25-27-50(115)28-26-48)77(126)106-61(41-137)72(121)96-39-66(117)99-58(78(127)109-68(44(2)3)86(135)136)35-49-38-95-52-19-9-8-18-51(49)52/h8-9,18-19,25-28,38,44-47,53-64,68-70,95,113-115,137-139H,7,10-17,20-24,29-37,39-43,88-91H2,1-6H3,(H,96,121)(H,97,132)(H,98,116)(H,99,117)(H,100,123)(H,101,128)(H,102,129)(H,103,131)(H,104,124)(H,105,120)(H,106,126)(H,107,122)(H,108,133)(H,109,127)(H,110,130)(H,111,125)(H,118,119)(H,135,136)(H4,92,93,94)/t45-,46-,47+,53-,54-,55-,56-,57-,58-,59-,60-,61-,62-,63-,64-,68-,69-,70-/m0/s1. The number of carbonyl (C=O) groups is 19. The van der Waals surface area contributed by atoms with E-state index in [1.54, 1.807) is 58.2 Å². The highest BCUT2D eigenvalue weighted by Gasteiger charge is 2.43. The third-order valence-corrected chi connectivity index (χ3v) is 23.8. The quantitative estimate of drug-likeness (QED) is 0.0108. The van der Waals surface area contributed by atoms with Crippen LogP contribution in [0.2, 0.25) is 0 Å². The van der Waals surface area contributed by atoms with Crippen molar-refractivity contribution < 1.29 is 117 Å². The molecule has 0 saturated carbocycles. The van der Waals surface area contributed by atoms with Gasteiger partial charge in [0, 0.05) is 60.3 Å². The Hall–Kier alpha value is -12.2. The summed E-state index contributed by atoms with van der Waals surface area (Å²) in [6.45, 7) is 6.61. The number of nitrogens with zero attached hydrogens (tertiary/aromatic N) is 1. The van der Waals surface area contributed by atoms with Crippen LogP contribution in [0.25, 0.3) is 10.9 Å². The number of fused-ring (bicyclic) bond motifs is 1. The number of aliphatic hydroxyl groups excluding tert-OH is 2. The van der Waals surface area contributed by atoms with Crippen LogP contribution in [0, 0.1) is 17.2 Å². The fourth-order valence-corrected chi connectivity index (χ4v) is 15.3. The van der Waals surface area contributed by atoms with E-state index >= 15 is 0 Å². The summed E-state index contributed by atoms with van der Waals surface area (Å²) in [5, 5.41) is 102. The molecule has 0 aliphatic carbocycles. The topological polar surface area (TPSA) is 803 Å². The number of thiol groups is 3. The Bertz CT molecular complexity index is 4660. The number of likely N-dealkylation sites (tertiary alicyclic amines) is 1. The van der Waals surface area contributed by atoms with Crippen molar-refractivity contribution in [3.05, 3.63) is 65.9 Å². The second kappa shape index (κ2) is 62.0. The molecule has 34 N–H and O–H groups in total. The van der Waals surface area contributed by atoms with Crippen molar-refractivity contribution in [2.45, 2.75) is 253 Å². The minimum absolute atomic E-state index is 0.0230. The number of aromatic nitrogens is 1. The number of guanidine groups is 1. The van der Waals surface area contributed by atoms with Crippen molar-refractivity contribution >= 4 is 167 Å². The van der Waals surface area contributed by atoms with Crippen molar-refractivity contribution in [1.29, 1.82) is 5.41 Å². The maximum Gasteiger partial charge on any atom is 0.326 e. The number of carboxylic acid groups (broad SMARTS) is 2. The fourth-order valence-electron chi connectivity index (χ4n) is 14.5. The molecule has 0 unspecified atom stereocenters. The van der Waals surface area contributed by atoms with Gasteiger partial charge in [-0.05, 0) is 158 Å². The second-order valence-electron chi connectivity index (χ2n) is 33.9. The Kier molecular flexibility index (Phi) is 53.1. The Morgan fingerprint density at radius 3 is 1.42 bits per heavy atom. The molecular weight excluding hydrogens is 1880 g/mol. The number of rotatable bonds is 64. The van der Waals surface area contributed by atoms with Crippen LogP contribution in [0.5, 0.6) is 5.75 Å². The molecule has 774 valence electrons. The number of H-pyrrole nitrogens is 1. The highest BCUT2D eigenvalue weighted by Crippen LogP contribution is 2.24. The number of carbonyl (C=O) groups excluding carboxylic acids is 17. The number of amides is 17. The van der Waals surface area contributed by atoms with Crippen LogP contribution in [0.3, 0.4) is 0 Å². The number of benzene rings is 2. The molecule has 0 bridgehead atoms. The van der Waals surface area contributed by atoms with Gasteiger partial charge in [0.1, 0.15) is 102 Å². The highest BCUT2D eigenvalue weighted by molar-refractivity contribution is 7.80. The van der Waals surface area contributed by atoms with Crippen molar-refractivity contribution in [1.82, 2.24) is 100 Å². The largest absolute Gasteiger partial charge is 0.508 e. The van der Waals surface area contributed by atoms with Crippen molar-refractivity contribution in [2.75, 3.05) is 69.7 Å². The number of aromatic amines is 1. The van der Waals surface area contributed by atoms with Crippen LogP contribution >= 0.6 is 37.9 Å². The number of unbranched alkanes of at least 4 members (excludes halogenated alkanes) is 3. The molecule has 2 aromatic carbocycles. The molecule has 1 aliphatic rings. The lowest BCUT2D eigenvalue weighted by molar-refractivity contribution is -0.146. The van der Waals surface area contributed by atoms with Gasteiger partial charge < -0.3 is 154 Å². The minimum Gasteiger partial charge on any atom is -0.508 e. The minimum atomic E-state index is -2.00. The summed E-state index contributed by atoms with van der Waals surface area (Å²) in [7, 11) is 0. The summed E-state index contributed by atoms with van der Waals surface area (Å²) in [6.07, 6.45) is 0.348. The first kappa shape index (κ1) is 119. The molecule has 18 atom stereocenters. The summed E-state index contributed by atoms with van der Waals surface area (Å²) < 4.78 is 0. The smallest absolute Gasteiger partial charge is 0.326 e. The Labute approximate surface area is 820 Å². The number of aliphatic carboxylic acids is 2. The third kappa shape index (κ3) is 40.3. The average Bonchev–Trinajstić information content (AvgIpc) is 1.69. The number of aromatic hydroxyl groups is 1. The van der Waals surface area contributed by atoms with E-state index in [1.807, 2.05) is 0 Å². The van der Waals surface area contributed by atoms with Crippen LogP contribution in [0.15, 0.2) is 54.7 Å². The van der Waals surface area contributed by atoms with E-state index in [-0.39, 0.29) is 108 Å². The van der Waals surface area contributed by atoms with Gasteiger partial charge in [-0.1, -0.05) is 64.4 Å². The highest BCUT2D eigenvalue weighted by atomic mass is 32.1. The second-order valence-corrected chi connectivity index (χ2v) is 35.0. The third-order valence-electron chi connectivity index (χ3n) is 22.7. The van der Waals surface area contributed by atoms with Crippen LogP contribution in [0.1, 0.15) is 149 Å². The van der Waals surface area contributed by atoms with Crippen LogP contribution in [-0.2, 0) is 104 Å². The van der Waals surface area contributed by atoms with Crippen LogP contribution < -0.4 is 119 Å². The SMILES string of the molecule is CC[C@H](C)[C@H](NC(=O)[C@H](CS)NC(=O)[C@@H](NC(=O)[C@H](CCCCN)NC(=O)[C@H](CCCCN)NC(=O)[C@H](CS)NC(=O)[C@H](CCCCN)NC(=O)CN)[C@@H](C)O)C(=O)N[C@@H](C)C(=O)N[C@@H](CO)C(=O)N[C@@H](CCCNC(=N)N)C(=O)N[C@@H](CC(=O)O)C(=O)N1CCC[C@H]1C(=O)N[C@@H](Cc1ccc(O)cc1)C(=O)N[C@@H](CS)C(=O)NCC(=O)N[C@@H](Cc1c[nH]c2ccccc12)C(=O)N[C@H](C(=O)O)C(C)C. The Morgan fingerprint density at radius 1 is 0.482 bits per heavy atom. The molecule has 0 spiro atoms. The number of hydrogen-bond acceptors (Lipinski definition) is 30. The number of aliphatic hydroxyl groups is 2. The zero-order valence-corrected chi connectivity index (χ0v) is 81.3. The molecule has 2 heterocycles. The average molecular weight is 2020 g/mol. The van der Waals surface area contributed by atoms with E-state index in [1.165, 1.54) is 24.3 Å². The molecular formula is C87H139N25O24S3. The monoisotopic (exact) mass is 2010 g/mol. The first-order valence-corrected chi connectivity index (χ1v) is 47.7. The number of carboxylic acids is 2. The summed E-state index contributed by atoms with van der Waals surface area (Å²) >= 11 is 12.8. The normalized spacial score (nSPS) is 16.0. The molecule has 1 aromatic heterocycles. The lowest BCUT2D eigenvalue weighted by Crippen LogP contribution is -2.63. The van der Waals surface area contributed by atoms with E-state index in [0.717, 1.165) is 18.7 Å². The molecule has 1 saturated heterocycles. The van der Waals surface area contributed by atoms with E-state index in [0.29, 0.717) is 60.7 Å². The molecule has 52 heteroatoms. The van der Waals surface area contributed by atoms with Gasteiger partial charge in [0.2, 0.25) is 100 Å². The zero-order valence-electron chi connectivity index (χ0n) is 78.6.